The molecule has 2 aliphatic rings. The Morgan fingerprint density at radius 1 is 1.35 bits per heavy atom. The lowest BCUT2D eigenvalue weighted by atomic mass is 9.99. The summed E-state index contributed by atoms with van der Waals surface area (Å²) in [5.41, 5.74) is 1.68. The van der Waals surface area contributed by atoms with E-state index in [2.05, 4.69) is 10.6 Å². The van der Waals surface area contributed by atoms with Gasteiger partial charge in [0.1, 0.15) is 11.3 Å². The largest absolute Gasteiger partial charge is 0.497 e. The van der Waals surface area contributed by atoms with Crippen LogP contribution in [0.2, 0.25) is 0 Å². The number of amides is 1. The van der Waals surface area contributed by atoms with Crippen LogP contribution in [0.25, 0.3) is 11.0 Å². The van der Waals surface area contributed by atoms with Crippen LogP contribution in [0.15, 0.2) is 28.9 Å². The number of carbonyl (C=O) groups excluding carboxylic acids is 1. The maximum atomic E-state index is 12.4. The number of piperidine rings is 1. The van der Waals surface area contributed by atoms with Crippen LogP contribution in [0, 0.1) is 0 Å². The fourth-order valence-electron chi connectivity index (χ4n) is 3.95. The van der Waals surface area contributed by atoms with Crippen LogP contribution in [0.5, 0.6) is 5.75 Å². The molecule has 0 spiro atoms. The minimum Gasteiger partial charge on any atom is -0.497 e. The first-order valence-corrected chi connectivity index (χ1v) is 8.31. The molecule has 1 amide bonds. The van der Waals surface area contributed by atoms with Crippen molar-refractivity contribution in [3.8, 4) is 5.75 Å². The average molecular weight is 314 g/mol. The van der Waals surface area contributed by atoms with Crippen molar-refractivity contribution < 1.29 is 13.9 Å². The normalized spacial score (nSPS) is 26.4. The van der Waals surface area contributed by atoms with Crippen molar-refractivity contribution in [1.29, 1.82) is 0 Å². The Balaban J connectivity index is 1.42. The highest BCUT2D eigenvalue weighted by atomic mass is 16.5. The van der Waals surface area contributed by atoms with Gasteiger partial charge in [-0.2, -0.15) is 0 Å². The zero-order valence-electron chi connectivity index (χ0n) is 13.3. The molecule has 2 atom stereocenters. The van der Waals surface area contributed by atoms with E-state index in [4.69, 9.17) is 9.15 Å². The van der Waals surface area contributed by atoms with E-state index in [0.29, 0.717) is 24.5 Å². The summed E-state index contributed by atoms with van der Waals surface area (Å²) in [4.78, 5) is 12.4. The lowest BCUT2D eigenvalue weighted by Gasteiger charge is -2.29. The lowest BCUT2D eigenvalue weighted by molar-refractivity contribution is -0.121. The van der Waals surface area contributed by atoms with E-state index >= 15 is 0 Å². The van der Waals surface area contributed by atoms with E-state index in [-0.39, 0.29) is 5.91 Å². The van der Waals surface area contributed by atoms with Crippen molar-refractivity contribution in [2.24, 2.45) is 0 Å². The minimum absolute atomic E-state index is 0.0785. The molecule has 2 aromatic rings. The van der Waals surface area contributed by atoms with Crippen molar-refractivity contribution in [2.45, 2.75) is 50.2 Å². The molecule has 3 heterocycles. The summed E-state index contributed by atoms with van der Waals surface area (Å²) in [6.07, 6.45) is 6.61. The number of nitrogens with one attached hydrogen (secondary N) is 2. The van der Waals surface area contributed by atoms with Crippen molar-refractivity contribution in [2.75, 3.05) is 7.11 Å². The van der Waals surface area contributed by atoms with Crippen molar-refractivity contribution in [3.05, 3.63) is 30.0 Å². The van der Waals surface area contributed by atoms with Crippen LogP contribution >= 0.6 is 0 Å². The van der Waals surface area contributed by atoms with Gasteiger partial charge >= 0.3 is 0 Å². The second kappa shape index (κ2) is 5.89. The summed E-state index contributed by atoms with van der Waals surface area (Å²) < 4.78 is 10.8. The fraction of sp³-hybridized carbons (Fsp3) is 0.500. The van der Waals surface area contributed by atoms with Crippen LogP contribution in [0.4, 0.5) is 0 Å². The Morgan fingerprint density at radius 3 is 2.87 bits per heavy atom. The number of furan rings is 1. The molecule has 5 nitrogen and oxygen atoms in total. The molecule has 5 heteroatoms. The smallest absolute Gasteiger partial charge is 0.224 e. The molecule has 2 N–H and O–H groups in total. The molecule has 1 aromatic heterocycles. The maximum Gasteiger partial charge on any atom is 0.224 e. The van der Waals surface area contributed by atoms with Gasteiger partial charge in [-0.1, -0.05) is 0 Å². The molecule has 2 unspecified atom stereocenters. The van der Waals surface area contributed by atoms with Gasteiger partial charge < -0.3 is 19.8 Å². The zero-order chi connectivity index (χ0) is 15.8. The summed E-state index contributed by atoms with van der Waals surface area (Å²) in [5, 5.41) is 7.77. The number of hydrogen-bond donors (Lipinski definition) is 2. The zero-order valence-corrected chi connectivity index (χ0v) is 13.3. The van der Waals surface area contributed by atoms with Crippen molar-refractivity contribution >= 4 is 16.9 Å². The van der Waals surface area contributed by atoms with Gasteiger partial charge in [0.05, 0.1) is 19.8 Å². The number of ether oxygens (including phenoxy) is 1. The first-order valence-electron chi connectivity index (χ1n) is 8.31. The highest BCUT2D eigenvalue weighted by Crippen LogP contribution is 2.28. The summed E-state index contributed by atoms with van der Waals surface area (Å²) in [6.45, 7) is 0. The van der Waals surface area contributed by atoms with E-state index in [0.717, 1.165) is 35.1 Å². The summed E-state index contributed by atoms with van der Waals surface area (Å²) in [5.74, 6) is 0.836. The molecule has 122 valence electrons. The lowest BCUT2D eigenvalue weighted by Crippen LogP contribution is -2.48. The monoisotopic (exact) mass is 314 g/mol. The highest BCUT2D eigenvalue weighted by molar-refractivity contribution is 5.88. The quantitative estimate of drug-likeness (QED) is 0.909. The molecule has 23 heavy (non-hydrogen) atoms. The summed E-state index contributed by atoms with van der Waals surface area (Å²) in [7, 11) is 1.63. The molecule has 2 aliphatic heterocycles. The van der Waals surface area contributed by atoms with Gasteiger partial charge in [-0.3, -0.25) is 4.79 Å². The molecule has 2 fully saturated rings. The average Bonchev–Trinajstić information content (AvgIpc) is 3.10. The molecule has 2 saturated heterocycles. The van der Waals surface area contributed by atoms with Crippen LogP contribution in [0.3, 0.4) is 0 Å². The Bertz CT molecular complexity index is 712. The molecular formula is C18H22N2O3. The van der Waals surface area contributed by atoms with E-state index in [9.17, 15) is 4.79 Å². The van der Waals surface area contributed by atoms with Crippen LogP contribution in [-0.2, 0) is 11.2 Å². The number of hydrogen-bond acceptors (Lipinski definition) is 4. The van der Waals surface area contributed by atoms with Gasteiger partial charge in [-0.15, -0.1) is 0 Å². The number of fused-ring (bicyclic) bond motifs is 3. The second-order valence-corrected chi connectivity index (χ2v) is 6.67. The maximum absolute atomic E-state index is 12.4. The SMILES string of the molecule is COc1ccc2c(CC(=O)NC3CC4CCC(C3)N4)coc2c1. The molecule has 0 aliphatic carbocycles. The number of methoxy groups -OCH3 is 1. The van der Waals surface area contributed by atoms with Gasteiger partial charge in [0.25, 0.3) is 0 Å². The first kappa shape index (κ1) is 14.6. The Kier molecular flexibility index (Phi) is 3.73. The second-order valence-electron chi connectivity index (χ2n) is 6.67. The molecular weight excluding hydrogens is 292 g/mol. The topological polar surface area (TPSA) is 63.5 Å². The van der Waals surface area contributed by atoms with Gasteiger partial charge in [-0.05, 0) is 37.8 Å². The Morgan fingerprint density at radius 2 is 2.13 bits per heavy atom. The standard InChI is InChI=1S/C18H22N2O3/c1-22-15-4-5-16-11(10-23-17(16)9-15)6-18(21)20-14-7-12-2-3-13(8-14)19-12/h4-5,9-10,12-14,19H,2-3,6-8H2,1H3,(H,20,21). The summed E-state index contributed by atoms with van der Waals surface area (Å²) >= 11 is 0. The third-order valence-electron chi connectivity index (χ3n) is 5.05. The predicted molar refractivity (Wildman–Crippen MR) is 87.6 cm³/mol. The van der Waals surface area contributed by atoms with E-state index in [1.807, 2.05) is 18.2 Å². The first-order chi connectivity index (χ1) is 11.2. The van der Waals surface area contributed by atoms with Crippen LogP contribution in [0.1, 0.15) is 31.2 Å². The van der Waals surface area contributed by atoms with Crippen molar-refractivity contribution in [1.82, 2.24) is 10.6 Å². The van der Waals surface area contributed by atoms with Gasteiger partial charge in [-0.25, -0.2) is 0 Å². The van der Waals surface area contributed by atoms with E-state index < -0.39 is 0 Å². The molecule has 4 rings (SSSR count). The van der Waals surface area contributed by atoms with Gasteiger partial charge in [0.2, 0.25) is 5.91 Å². The summed E-state index contributed by atoms with van der Waals surface area (Å²) in [6, 6.07) is 7.16. The Hall–Kier alpha value is -2.01. The molecule has 1 aromatic carbocycles. The van der Waals surface area contributed by atoms with E-state index in [1.54, 1.807) is 13.4 Å². The number of benzene rings is 1. The number of carbonyl (C=O) groups is 1. The van der Waals surface area contributed by atoms with Gasteiger partial charge in [0.15, 0.2) is 0 Å². The highest BCUT2D eigenvalue weighted by Gasteiger charge is 2.33. The minimum atomic E-state index is 0.0785. The van der Waals surface area contributed by atoms with Crippen LogP contribution in [-0.4, -0.2) is 31.1 Å². The van der Waals surface area contributed by atoms with Gasteiger partial charge in [0, 0.05) is 35.1 Å². The molecule has 2 bridgehead atoms. The Labute approximate surface area is 135 Å². The van der Waals surface area contributed by atoms with Crippen molar-refractivity contribution in [3.63, 3.8) is 0 Å². The fourth-order valence-corrected chi connectivity index (χ4v) is 3.95. The molecule has 0 saturated carbocycles. The van der Waals surface area contributed by atoms with Crippen LogP contribution < -0.4 is 15.4 Å². The number of rotatable bonds is 4. The molecule has 0 radical (unpaired) electrons. The third kappa shape index (κ3) is 2.93. The third-order valence-corrected chi connectivity index (χ3v) is 5.05. The predicted octanol–water partition coefficient (Wildman–Crippen LogP) is 2.38. The van der Waals surface area contributed by atoms with E-state index in [1.165, 1.54) is 12.8 Å².